The molecule has 0 aromatic rings. The zero-order chi connectivity index (χ0) is 14.1. The van der Waals surface area contributed by atoms with Crippen LogP contribution >= 0.6 is 0 Å². The van der Waals surface area contributed by atoms with Gasteiger partial charge in [0.25, 0.3) is 0 Å². The lowest BCUT2D eigenvalue weighted by atomic mass is 9.80. The Morgan fingerprint density at radius 3 is 2.30 bits per heavy atom. The second-order valence-electron chi connectivity index (χ2n) is 6.84. The summed E-state index contributed by atoms with van der Waals surface area (Å²) >= 11 is 0. The van der Waals surface area contributed by atoms with E-state index in [0.717, 1.165) is 51.6 Å². The number of nitrogens with zero attached hydrogens (tertiary/aromatic N) is 1. The highest BCUT2D eigenvalue weighted by molar-refractivity contribution is 7.89. The summed E-state index contributed by atoms with van der Waals surface area (Å²) in [6, 6.07) is 0. The maximum atomic E-state index is 13.1. The first kappa shape index (κ1) is 14.8. The van der Waals surface area contributed by atoms with E-state index in [0.29, 0.717) is 6.54 Å². The first-order valence-electron chi connectivity index (χ1n) is 8.38. The largest absolute Gasteiger partial charge is 0.314 e. The standard InChI is InChI=1S/C15H28N2O2S/c18-20(19,14-7-3-1-4-8-14)17-12-11-16-13-15(17)9-5-2-6-10-15/h14,16H,1-13H2. The van der Waals surface area contributed by atoms with Crippen LogP contribution < -0.4 is 5.32 Å². The van der Waals surface area contributed by atoms with E-state index >= 15 is 0 Å². The summed E-state index contributed by atoms with van der Waals surface area (Å²) in [5.41, 5.74) is -0.104. The van der Waals surface area contributed by atoms with Gasteiger partial charge in [0, 0.05) is 25.2 Å². The van der Waals surface area contributed by atoms with E-state index in [1.165, 1.54) is 25.7 Å². The average molecular weight is 300 g/mol. The Morgan fingerprint density at radius 1 is 0.950 bits per heavy atom. The first-order chi connectivity index (χ1) is 9.65. The minimum atomic E-state index is -3.10. The molecule has 5 heteroatoms. The van der Waals surface area contributed by atoms with Gasteiger partial charge in [0.1, 0.15) is 0 Å². The van der Waals surface area contributed by atoms with Crippen LogP contribution in [-0.4, -0.2) is 43.1 Å². The molecule has 3 rings (SSSR count). The normalized spacial score (nSPS) is 29.6. The molecule has 1 aliphatic heterocycles. The lowest BCUT2D eigenvalue weighted by Gasteiger charge is -2.50. The minimum absolute atomic E-state index is 0.104. The molecule has 2 aliphatic carbocycles. The zero-order valence-electron chi connectivity index (χ0n) is 12.4. The Bertz CT molecular complexity index is 415. The average Bonchev–Trinajstić information content (AvgIpc) is 2.49. The Hall–Kier alpha value is -0.130. The van der Waals surface area contributed by atoms with Crippen molar-refractivity contribution in [3.8, 4) is 0 Å². The third kappa shape index (κ3) is 2.64. The minimum Gasteiger partial charge on any atom is -0.314 e. The van der Waals surface area contributed by atoms with Crippen LogP contribution in [0.4, 0.5) is 0 Å². The molecule has 4 nitrogen and oxygen atoms in total. The molecule has 1 heterocycles. The molecule has 0 bridgehead atoms. The Balaban J connectivity index is 1.84. The highest BCUT2D eigenvalue weighted by Crippen LogP contribution is 2.39. The van der Waals surface area contributed by atoms with Crippen molar-refractivity contribution in [1.82, 2.24) is 9.62 Å². The molecule has 0 aromatic carbocycles. The Morgan fingerprint density at radius 2 is 1.60 bits per heavy atom. The first-order valence-corrected chi connectivity index (χ1v) is 9.88. The van der Waals surface area contributed by atoms with Crippen molar-refractivity contribution in [3.05, 3.63) is 0 Å². The summed E-state index contributed by atoms with van der Waals surface area (Å²) in [6.45, 7) is 2.35. The molecule has 1 saturated heterocycles. The molecule has 116 valence electrons. The third-order valence-corrected chi connectivity index (χ3v) is 8.04. The summed E-state index contributed by atoms with van der Waals surface area (Å²) in [5.74, 6) is 0. The molecule has 2 saturated carbocycles. The van der Waals surface area contributed by atoms with E-state index in [1.807, 2.05) is 4.31 Å². The molecular weight excluding hydrogens is 272 g/mol. The fourth-order valence-corrected chi connectivity index (χ4v) is 6.82. The van der Waals surface area contributed by atoms with Crippen LogP contribution in [0.25, 0.3) is 0 Å². The van der Waals surface area contributed by atoms with Gasteiger partial charge in [0.05, 0.1) is 5.25 Å². The van der Waals surface area contributed by atoms with Gasteiger partial charge in [-0.2, -0.15) is 4.31 Å². The number of nitrogens with one attached hydrogen (secondary N) is 1. The van der Waals surface area contributed by atoms with Gasteiger partial charge in [-0.05, 0) is 25.7 Å². The Labute approximate surface area is 123 Å². The summed E-state index contributed by atoms with van der Waals surface area (Å²) in [6.07, 6.45) is 10.9. The van der Waals surface area contributed by atoms with Crippen molar-refractivity contribution >= 4 is 10.0 Å². The van der Waals surface area contributed by atoms with E-state index in [-0.39, 0.29) is 10.8 Å². The van der Waals surface area contributed by atoms with Crippen LogP contribution in [0.5, 0.6) is 0 Å². The highest BCUT2D eigenvalue weighted by atomic mass is 32.2. The van der Waals surface area contributed by atoms with Crippen LogP contribution in [-0.2, 0) is 10.0 Å². The highest BCUT2D eigenvalue weighted by Gasteiger charge is 2.47. The quantitative estimate of drug-likeness (QED) is 0.851. The van der Waals surface area contributed by atoms with Gasteiger partial charge >= 0.3 is 0 Å². The number of sulfonamides is 1. The van der Waals surface area contributed by atoms with Crippen molar-refractivity contribution in [1.29, 1.82) is 0 Å². The molecule has 0 amide bonds. The van der Waals surface area contributed by atoms with Crippen molar-refractivity contribution < 1.29 is 8.42 Å². The molecule has 3 fully saturated rings. The third-order valence-electron chi connectivity index (χ3n) is 5.54. The van der Waals surface area contributed by atoms with Gasteiger partial charge in [-0.3, -0.25) is 0 Å². The molecule has 3 aliphatic rings. The number of piperazine rings is 1. The predicted molar refractivity (Wildman–Crippen MR) is 81.2 cm³/mol. The molecule has 0 unspecified atom stereocenters. The lowest BCUT2D eigenvalue weighted by Crippen LogP contribution is -2.64. The molecular formula is C15H28N2O2S. The van der Waals surface area contributed by atoms with Crippen LogP contribution in [0.2, 0.25) is 0 Å². The van der Waals surface area contributed by atoms with E-state index in [4.69, 9.17) is 0 Å². The van der Waals surface area contributed by atoms with E-state index < -0.39 is 10.0 Å². The van der Waals surface area contributed by atoms with Gasteiger partial charge in [-0.15, -0.1) is 0 Å². The second kappa shape index (κ2) is 5.93. The number of hydrogen-bond acceptors (Lipinski definition) is 3. The second-order valence-corrected chi connectivity index (χ2v) is 8.98. The molecule has 0 atom stereocenters. The molecule has 0 aromatic heterocycles. The fraction of sp³-hybridized carbons (Fsp3) is 1.00. The van der Waals surface area contributed by atoms with Crippen molar-refractivity contribution in [2.45, 2.75) is 75.0 Å². The number of hydrogen-bond donors (Lipinski definition) is 1. The Kier molecular flexibility index (Phi) is 4.39. The maximum Gasteiger partial charge on any atom is 0.217 e. The summed E-state index contributed by atoms with van der Waals surface area (Å²) in [4.78, 5) is 0. The zero-order valence-corrected chi connectivity index (χ0v) is 13.3. The fourth-order valence-electron chi connectivity index (χ4n) is 4.40. The molecule has 20 heavy (non-hydrogen) atoms. The number of rotatable bonds is 2. The lowest BCUT2D eigenvalue weighted by molar-refractivity contribution is 0.0992. The van der Waals surface area contributed by atoms with Gasteiger partial charge < -0.3 is 5.32 Å². The molecule has 1 N–H and O–H groups in total. The van der Waals surface area contributed by atoms with Crippen molar-refractivity contribution in [2.24, 2.45) is 0 Å². The molecule has 0 radical (unpaired) electrons. The van der Waals surface area contributed by atoms with Crippen LogP contribution in [0.1, 0.15) is 64.2 Å². The van der Waals surface area contributed by atoms with Crippen LogP contribution in [0.3, 0.4) is 0 Å². The monoisotopic (exact) mass is 300 g/mol. The van der Waals surface area contributed by atoms with Crippen molar-refractivity contribution in [2.75, 3.05) is 19.6 Å². The summed E-state index contributed by atoms with van der Waals surface area (Å²) < 4.78 is 28.2. The van der Waals surface area contributed by atoms with Gasteiger partial charge in [0.2, 0.25) is 10.0 Å². The SMILES string of the molecule is O=S(=O)(C1CCCCC1)N1CCNCC12CCCCC2. The van der Waals surface area contributed by atoms with Crippen molar-refractivity contribution in [3.63, 3.8) is 0 Å². The summed E-state index contributed by atoms with van der Waals surface area (Å²) in [5, 5.41) is 3.34. The van der Waals surface area contributed by atoms with E-state index in [9.17, 15) is 8.42 Å². The molecule has 1 spiro atoms. The van der Waals surface area contributed by atoms with Gasteiger partial charge in [0.15, 0.2) is 0 Å². The van der Waals surface area contributed by atoms with Gasteiger partial charge in [-0.1, -0.05) is 38.5 Å². The topological polar surface area (TPSA) is 49.4 Å². The van der Waals surface area contributed by atoms with Crippen LogP contribution in [0.15, 0.2) is 0 Å². The van der Waals surface area contributed by atoms with Crippen LogP contribution in [0, 0.1) is 0 Å². The van der Waals surface area contributed by atoms with E-state index in [2.05, 4.69) is 5.32 Å². The smallest absolute Gasteiger partial charge is 0.217 e. The maximum absolute atomic E-state index is 13.1. The summed E-state index contributed by atoms with van der Waals surface area (Å²) in [7, 11) is -3.10. The predicted octanol–water partition coefficient (Wildman–Crippen LogP) is 2.26. The van der Waals surface area contributed by atoms with E-state index in [1.54, 1.807) is 0 Å². The van der Waals surface area contributed by atoms with Gasteiger partial charge in [-0.25, -0.2) is 8.42 Å².